The van der Waals surface area contributed by atoms with Crippen molar-refractivity contribution >= 4 is 39.3 Å². The molecule has 0 bridgehead atoms. The summed E-state index contributed by atoms with van der Waals surface area (Å²) in [5, 5.41) is 9.53. The Morgan fingerprint density at radius 3 is 2.95 bits per heavy atom. The first-order valence-corrected chi connectivity index (χ1v) is 8.58. The molecule has 0 spiro atoms. The molecule has 20 heavy (non-hydrogen) atoms. The number of carboxylic acid groups (broad SMARTS) is 1. The molecule has 0 saturated heterocycles. The van der Waals surface area contributed by atoms with Crippen LogP contribution in [0.25, 0.3) is 10.2 Å². The summed E-state index contributed by atoms with van der Waals surface area (Å²) in [4.78, 5) is 16.0. The predicted octanol–water partition coefficient (Wildman–Crippen LogP) is 4.28. The molecule has 1 aliphatic carbocycles. The Bertz CT molecular complexity index is 592. The number of hydrogen-bond acceptors (Lipinski definition) is 4. The van der Waals surface area contributed by atoms with Gasteiger partial charge in [-0.15, -0.1) is 11.3 Å². The molecule has 1 aromatic carbocycles. The molecule has 3 unspecified atom stereocenters. The lowest BCUT2D eigenvalue weighted by Crippen LogP contribution is -2.31. The normalized spacial score (nSPS) is 26.8. The van der Waals surface area contributed by atoms with Crippen LogP contribution in [0.3, 0.4) is 0 Å². The van der Waals surface area contributed by atoms with Crippen LogP contribution in [0.15, 0.2) is 28.6 Å². The summed E-state index contributed by atoms with van der Waals surface area (Å²) in [6.07, 6.45) is 2.78. The fourth-order valence-corrected chi connectivity index (χ4v) is 5.55. The fourth-order valence-electron chi connectivity index (χ4n) is 2.77. The average molecular weight is 307 g/mol. The summed E-state index contributed by atoms with van der Waals surface area (Å²) in [6.45, 7) is 2.21. The Balaban J connectivity index is 1.81. The van der Waals surface area contributed by atoms with E-state index in [0.717, 1.165) is 29.1 Å². The van der Waals surface area contributed by atoms with Crippen molar-refractivity contribution in [2.75, 3.05) is 0 Å². The number of nitrogens with zero attached hydrogens (tertiary/aromatic N) is 1. The maximum Gasteiger partial charge on any atom is 0.307 e. The van der Waals surface area contributed by atoms with Crippen molar-refractivity contribution in [2.45, 2.75) is 35.8 Å². The molecule has 3 atom stereocenters. The van der Waals surface area contributed by atoms with E-state index in [4.69, 9.17) is 0 Å². The molecule has 1 aliphatic rings. The highest BCUT2D eigenvalue weighted by Crippen LogP contribution is 2.42. The van der Waals surface area contributed by atoms with Crippen molar-refractivity contribution < 1.29 is 9.90 Å². The maximum absolute atomic E-state index is 11.4. The van der Waals surface area contributed by atoms with Crippen molar-refractivity contribution in [3.63, 3.8) is 0 Å². The SMILES string of the molecule is CC1CCC(C(=O)O)C(Sc2nc3ccccc3s2)C1. The van der Waals surface area contributed by atoms with E-state index in [1.807, 2.05) is 18.2 Å². The number of fused-ring (bicyclic) bond motifs is 1. The van der Waals surface area contributed by atoms with Crippen LogP contribution in [-0.4, -0.2) is 21.3 Å². The maximum atomic E-state index is 11.4. The minimum absolute atomic E-state index is 0.150. The van der Waals surface area contributed by atoms with Crippen LogP contribution in [0, 0.1) is 11.8 Å². The second-order valence-electron chi connectivity index (χ2n) is 5.47. The third kappa shape index (κ3) is 2.83. The number of carbonyl (C=O) groups is 1. The average Bonchev–Trinajstić information content (AvgIpc) is 2.80. The highest BCUT2D eigenvalue weighted by Gasteiger charge is 2.34. The molecule has 0 amide bonds. The molecule has 0 radical (unpaired) electrons. The molecule has 2 aromatic rings. The van der Waals surface area contributed by atoms with Crippen LogP contribution in [0.4, 0.5) is 0 Å². The van der Waals surface area contributed by atoms with Gasteiger partial charge in [0.1, 0.15) is 0 Å². The second kappa shape index (κ2) is 5.74. The van der Waals surface area contributed by atoms with Gasteiger partial charge in [-0.25, -0.2) is 4.98 Å². The lowest BCUT2D eigenvalue weighted by atomic mass is 9.82. The number of aliphatic carboxylic acids is 1. The lowest BCUT2D eigenvalue weighted by Gasteiger charge is -2.31. The van der Waals surface area contributed by atoms with Gasteiger partial charge in [0.2, 0.25) is 0 Å². The van der Waals surface area contributed by atoms with E-state index in [2.05, 4.69) is 18.0 Å². The molecule has 3 rings (SSSR count). The fraction of sp³-hybridized carbons (Fsp3) is 0.467. The van der Waals surface area contributed by atoms with Gasteiger partial charge in [-0.05, 0) is 37.3 Å². The minimum atomic E-state index is -0.657. The Morgan fingerprint density at radius 1 is 1.40 bits per heavy atom. The predicted molar refractivity (Wildman–Crippen MR) is 83.4 cm³/mol. The number of para-hydroxylation sites is 1. The molecule has 5 heteroatoms. The lowest BCUT2D eigenvalue weighted by molar-refractivity contribution is -0.142. The summed E-state index contributed by atoms with van der Waals surface area (Å²) in [5.41, 5.74) is 1.01. The van der Waals surface area contributed by atoms with Crippen molar-refractivity contribution in [3.8, 4) is 0 Å². The number of benzene rings is 1. The molecule has 1 aromatic heterocycles. The van der Waals surface area contributed by atoms with Gasteiger partial charge in [-0.2, -0.15) is 0 Å². The van der Waals surface area contributed by atoms with Gasteiger partial charge in [0.05, 0.1) is 16.1 Å². The third-order valence-electron chi connectivity index (χ3n) is 3.90. The van der Waals surface area contributed by atoms with Crippen molar-refractivity contribution in [3.05, 3.63) is 24.3 Å². The van der Waals surface area contributed by atoms with Crippen LogP contribution in [0.2, 0.25) is 0 Å². The summed E-state index contributed by atoms with van der Waals surface area (Å²) in [5.74, 6) is -0.281. The molecule has 106 valence electrons. The van der Waals surface area contributed by atoms with Crippen LogP contribution < -0.4 is 0 Å². The number of aromatic nitrogens is 1. The smallest absolute Gasteiger partial charge is 0.307 e. The zero-order chi connectivity index (χ0) is 14.1. The van der Waals surface area contributed by atoms with E-state index >= 15 is 0 Å². The Morgan fingerprint density at radius 2 is 2.20 bits per heavy atom. The highest BCUT2D eigenvalue weighted by atomic mass is 32.2. The van der Waals surface area contributed by atoms with E-state index in [-0.39, 0.29) is 11.2 Å². The Kier molecular flexibility index (Phi) is 3.98. The number of thioether (sulfide) groups is 1. The van der Waals surface area contributed by atoms with E-state index in [1.165, 1.54) is 4.70 Å². The van der Waals surface area contributed by atoms with Gasteiger partial charge >= 0.3 is 5.97 Å². The van der Waals surface area contributed by atoms with E-state index in [0.29, 0.717) is 5.92 Å². The van der Waals surface area contributed by atoms with Crippen LogP contribution in [0.5, 0.6) is 0 Å². The third-order valence-corrected chi connectivity index (χ3v) is 6.38. The standard InChI is InChI=1S/C15H17NO2S2/c1-9-6-7-10(14(17)18)13(8-9)20-15-16-11-4-2-3-5-12(11)19-15/h2-5,9-10,13H,6-8H2,1H3,(H,17,18). The summed E-state index contributed by atoms with van der Waals surface area (Å²) in [7, 11) is 0. The molecule has 1 fully saturated rings. The number of carboxylic acids is 1. The summed E-state index contributed by atoms with van der Waals surface area (Å²) in [6, 6.07) is 8.07. The topological polar surface area (TPSA) is 50.2 Å². The van der Waals surface area contributed by atoms with E-state index < -0.39 is 5.97 Å². The Hall–Kier alpha value is -1.07. The molecule has 1 heterocycles. The highest BCUT2D eigenvalue weighted by molar-refractivity contribution is 8.01. The van der Waals surface area contributed by atoms with Gasteiger partial charge < -0.3 is 5.11 Å². The van der Waals surface area contributed by atoms with Crippen molar-refractivity contribution in [1.29, 1.82) is 0 Å². The molecule has 1 N–H and O–H groups in total. The first kappa shape index (κ1) is 13.9. The van der Waals surface area contributed by atoms with Gasteiger partial charge in [0.25, 0.3) is 0 Å². The largest absolute Gasteiger partial charge is 0.481 e. The monoisotopic (exact) mass is 307 g/mol. The van der Waals surface area contributed by atoms with E-state index in [1.54, 1.807) is 23.1 Å². The molecular formula is C15H17NO2S2. The van der Waals surface area contributed by atoms with Crippen LogP contribution in [-0.2, 0) is 4.79 Å². The molecule has 3 nitrogen and oxygen atoms in total. The van der Waals surface area contributed by atoms with Gasteiger partial charge in [0.15, 0.2) is 4.34 Å². The van der Waals surface area contributed by atoms with E-state index in [9.17, 15) is 9.90 Å². The zero-order valence-corrected chi connectivity index (χ0v) is 12.9. The number of thiazole rings is 1. The number of hydrogen-bond donors (Lipinski definition) is 1. The first-order chi connectivity index (χ1) is 9.63. The van der Waals surface area contributed by atoms with Crippen molar-refractivity contribution in [2.24, 2.45) is 11.8 Å². The zero-order valence-electron chi connectivity index (χ0n) is 11.3. The minimum Gasteiger partial charge on any atom is -0.481 e. The van der Waals surface area contributed by atoms with Crippen molar-refractivity contribution in [1.82, 2.24) is 4.98 Å². The van der Waals surface area contributed by atoms with Crippen LogP contribution in [0.1, 0.15) is 26.2 Å². The molecule has 1 saturated carbocycles. The van der Waals surface area contributed by atoms with Crippen LogP contribution >= 0.6 is 23.1 Å². The molecule has 0 aliphatic heterocycles. The van der Waals surface area contributed by atoms with Gasteiger partial charge in [-0.3, -0.25) is 4.79 Å². The first-order valence-electron chi connectivity index (χ1n) is 6.88. The quantitative estimate of drug-likeness (QED) is 0.919. The summed E-state index contributed by atoms with van der Waals surface area (Å²) < 4.78 is 2.17. The summed E-state index contributed by atoms with van der Waals surface area (Å²) >= 11 is 3.32. The van der Waals surface area contributed by atoms with Gasteiger partial charge in [-0.1, -0.05) is 30.8 Å². The Labute approximate surface area is 126 Å². The second-order valence-corrected chi connectivity index (χ2v) is 7.98. The molecular weight excluding hydrogens is 290 g/mol. The number of rotatable bonds is 3. The van der Waals surface area contributed by atoms with Gasteiger partial charge in [0, 0.05) is 5.25 Å².